The van der Waals surface area contributed by atoms with Crippen LogP contribution >= 0.6 is 45.9 Å². The van der Waals surface area contributed by atoms with E-state index in [0.717, 1.165) is 10.1 Å². The number of thiazole rings is 1. The van der Waals surface area contributed by atoms with E-state index < -0.39 is 0 Å². The van der Waals surface area contributed by atoms with Crippen molar-refractivity contribution in [3.8, 4) is 5.75 Å². The van der Waals surface area contributed by atoms with Crippen LogP contribution in [-0.4, -0.2) is 18.0 Å². The van der Waals surface area contributed by atoms with E-state index in [-0.39, 0.29) is 5.91 Å². The summed E-state index contributed by atoms with van der Waals surface area (Å²) in [7, 11) is 1.54. The Labute approximate surface area is 138 Å². The van der Waals surface area contributed by atoms with Gasteiger partial charge in [0.15, 0.2) is 5.13 Å². The molecule has 0 radical (unpaired) electrons. The van der Waals surface area contributed by atoms with Crippen LogP contribution < -0.4 is 10.1 Å². The van der Waals surface area contributed by atoms with Crippen molar-refractivity contribution in [1.29, 1.82) is 0 Å². The van der Waals surface area contributed by atoms with E-state index in [0.29, 0.717) is 25.8 Å². The Morgan fingerprint density at radius 1 is 1.33 bits per heavy atom. The van der Waals surface area contributed by atoms with E-state index in [2.05, 4.69) is 10.3 Å². The number of aromatic nitrogens is 1. The fraction of sp³-hybridized carbons (Fsp3) is 0.0769. The van der Waals surface area contributed by atoms with Crippen LogP contribution in [0.2, 0.25) is 10.0 Å². The van der Waals surface area contributed by atoms with Gasteiger partial charge in [-0.2, -0.15) is 0 Å². The topological polar surface area (TPSA) is 51.2 Å². The number of carbonyl (C=O) groups excluding carboxylic acids is 1. The van der Waals surface area contributed by atoms with E-state index in [1.165, 1.54) is 22.7 Å². The molecule has 0 unspecified atom stereocenters. The summed E-state index contributed by atoms with van der Waals surface area (Å²) in [5.41, 5.74) is 0. The van der Waals surface area contributed by atoms with Crippen molar-refractivity contribution in [3.05, 3.63) is 38.6 Å². The molecule has 0 saturated carbocycles. The van der Waals surface area contributed by atoms with E-state index >= 15 is 0 Å². The molecule has 8 heteroatoms. The fourth-order valence-corrected chi connectivity index (χ4v) is 4.14. The number of thiophene rings is 1. The molecule has 21 heavy (non-hydrogen) atoms. The number of fused-ring (bicyclic) bond motifs is 1. The quantitative estimate of drug-likeness (QED) is 0.722. The molecule has 4 nitrogen and oxygen atoms in total. The molecule has 1 N–H and O–H groups in total. The lowest BCUT2D eigenvalue weighted by Gasteiger charge is -2.02. The molecule has 0 aliphatic heterocycles. The molecule has 0 fully saturated rings. The smallest absolute Gasteiger partial charge is 0.269 e. The molecule has 0 spiro atoms. The van der Waals surface area contributed by atoms with Crippen molar-refractivity contribution in [2.24, 2.45) is 0 Å². The van der Waals surface area contributed by atoms with Crippen LogP contribution in [-0.2, 0) is 0 Å². The minimum Gasteiger partial charge on any atom is -0.495 e. The zero-order valence-electron chi connectivity index (χ0n) is 10.6. The van der Waals surface area contributed by atoms with Crippen LogP contribution in [0.5, 0.6) is 5.75 Å². The average Bonchev–Trinajstić information content (AvgIpc) is 3.08. The highest BCUT2D eigenvalue weighted by Crippen LogP contribution is 2.43. The Kier molecular flexibility index (Phi) is 4.03. The predicted octanol–water partition coefficient (Wildman–Crippen LogP) is 4.93. The number of anilines is 1. The van der Waals surface area contributed by atoms with Crippen LogP contribution in [0.3, 0.4) is 0 Å². The molecule has 2 heterocycles. The van der Waals surface area contributed by atoms with E-state index in [1.54, 1.807) is 30.8 Å². The lowest BCUT2D eigenvalue weighted by molar-refractivity contribution is 0.103. The van der Waals surface area contributed by atoms with Crippen LogP contribution in [0.25, 0.3) is 10.1 Å². The molecule has 108 valence electrons. The number of halogens is 2. The summed E-state index contributed by atoms with van der Waals surface area (Å²) in [6, 6.07) is 3.52. The molecule has 0 aliphatic carbocycles. The number of amides is 1. The Morgan fingerprint density at radius 3 is 2.81 bits per heavy atom. The van der Waals surface area contributed by atoms with Crippen LogP contribution in [0, 0.1) is 0 Å². The number of hydrogen-bond donors (Lipinski definition) is 1. The number of nitrogens with one attached hydrogen (secondary N) is 1. The largest absolute Gasteiger partial charge is 0.495 e. The molecule has 2 aromatic heterocycles. The van der Waals surface area contributed by atoms with E-state index in [1.807, 2.05) is 0 Å². The Balaban J connectivity index is 2.05. The minimum atomic E-state index is -0.300. The van der Waals surface area contributed by atoms with Crippen molar-refractivity contribution < 1.29 is 9.53 Å². The fourth-order valence-electron chi connectivity index (χ4n) is 1.82. The normalized spacial score (nSPS) is 10.8. The summed E-state index contributed by atoms with van der Waals surface area (Å²) < 4.78 is 5.90. The zero-order valence-corrected chi connectivity index (χ0v) is 13.8. The summed E-state index contributed by atoms with van der Waals surface area (Å²) in [4.78, 5) is 16.7. The molecule has 0 atom stereocenters. The maximum absolute atomic E-state index is 12.3. The van der Waals surface area contributed by atoms with Crippen LogP contribution in [0.15, 0.2) is 23.7 Å². The number of hydrogen-bond acceptors (Lipinski definition) is 5. The molecule has 0 saturated heterocycles. The van der Waals surface area contributed by atoms with Gasteiger partial charge in [0.25, 0.3) is 5.91 Å². The van der Waals surface area contributed by atoms with Gasteiger partial charge in [0, 0.05) is 17.0 Å². The van der Waals surface area contributed by atoms with Gasteiger partial charge in [0.2, 0.25) is 0 Å². The number of carbonyl (C=O) groups is 1. The summed E-state index contributed by atoms with van der Waals surface area (Å²) >= 11 is 15.1. The highest BCUT2D eigenvalue weighted by molar-refractivity contribution is 7.22. The van der Waals surface area contributed by atoms with Crippen molar-refractivity contribution in [2.45, 2.75) is 0 Å². The van der Waals surface area contributed by atoms with Gasteiger partial charge < -0.3 is 4.74 Å². The predicted molar refractivity (Wildman–Crippen MR) is 88.5 cm³/mol. The molecular weight excluding hydrogens is 351 g/mol. The lowest BCUT2D eigenvalue weighted by atomic mass is 10.2. The van der Waals surface area contributed by atoms with Gasteiger partial charge in [-0.05, 0) is 12.1 Å². The third-order valence-electron chi connectivity index (χ3n) is 2.78. The molecular formula is C13H8Cl2N2O2S2. The number of nitrogens with zero attached hydrogens (tertiary/aromatic N) is 1. The highest BCUT2D eigenvalue weighted by Gasteiger charge is 2.20. The second-order valence-electron chi connectivity index (χ2n) is 4.00. The first-order chi connectivity index (χ1) is 10.1. The van der Waals surface area contributed by atoms with Gasteiger partial charge in [0.1, 0.15) is 15.6 Å². The second-order valence-corrected chi connectivity index (χ2v) is 6.67. The van der Waals surface area contributed by atoms with Crippen molar-refractivity contribution in [2.75, 3.05) is 12.4 Å². The van der Waals surface area contributed by atoms with Gasteiger partial charge in [-0.15, -0.1) is 22.7 Å². The Morgan fingerprint density at radius 2 is 2.14 bits per heavy atom. The van der Waals surface area contributed by atoms with E-state index in [9.17, 15) is 4.79 Å². The first-order valence-electron chi connectivity index (χ1n) is 5.77. The number of ether oxygens (including phenoxy) is 1. The van der Waals surface area contributed by atoms with Gasteiger partial charge in [-0.3, -0.25) is 10.1 Å². The first kappa shape index (κ1) is 14.6. The Bertz CT molecular complexity index is 815. The molecule has 1 aromatic carbocycles. The molecule has 0 bridgehead atoms. The standard InChI is InChI=1S/C13H8Cl2N2O2S2/c1-19-7-3-2-6-8(14)11(21-10(6)9(7)15)12(18)17-13-16-4-5-20-13/h2-5H,1H3,(H,16,17,18). The third kappa shape index (κ3) is 2.60. The lowest BCUT2D eigenvalue weighted by Crippen LogP contribution is -2.10. The first-order valence-corrected chi connectivity index (χ1v) is 8.22. The summed E-state index contributed by atoms with van der Waals surface area (Å²) in [5.74, 6) is 0.250. The van der Waals surface area contributed by atoms with Gasteiger partial charge in [0.05, 0.1) is 16.8 Å². The van der Waals surface area contributed by atoms with Crippen molar-refractivity contribution >= 4 is 67.0 Å². The summed E-state index contributed by atoms with van der Waals surface area (Å²) in [6.45, 7) is 0. The number of benzene rings is 1. The van der Waals surface area contributed by atoms with Crippen molar-refractivity contribution in [3.63, 3.8) is 0 Å². The average molecular weight is 359 g/mol. The summed E-state index contributed by atoms with van der Waals surface area (Å²) in [6.07, 6.45) is 1.62. The Hall–Kier alpha value is -1.34. The molecule has 3 rings (SSSR count). The third-order valence-corrected chi connectivity index (χ3v) is 5.68. The second kappa shape index (κ2) is 5.81. The van der Waals surface area contributed by atoms with Gasteiger partial charge in [-0.25, -0.2) is 4.98 Å². The van der Waals surface area contributed by atoms with Crippen LogP contribution in [0.4, 0.5) is 5.13 Å². The van der Waals surface area contributed by atoms with E-state index in [4.69, 9.17) is 27.9 Å². The van der Waals surface area contributed by atoms with Crippen LogP contribution in [0.1, 0.15) is 9.67 Å². The maximum atomic E-state index is 12.3. The monoisotopic (exact) mass is 358 g/mol. The molecule has 3 aromatic rings. The summed E-state index contributed by atoms with van der Waals surface area (Å²) in [5, 5.41) is 6.58. The maximum Gasteiger partial charge on any atom is 0.269 e. The highest BCUT2D eigenvalue weighted by atomic mass is 35.5. The number of rotatable bonds is 3. The molecule has 0 aliphatic rings. The molecule has 1 amide bonds. The minimum absolute atomic E-state index is 0.300. The van der Waals surface area contributed by atoms with Gasteiger partial charge >= 0.3 is 0 Å². The van der Waals surface area contributed by atoms with Gasteiger partial charge in [-0.1, -0.05) is 23.2 Å². The zero-order chi connectivity index (χ0) is 15.0. The SMILES string of the molecule is COc1ccc2c(Cl)c(C(=O)Nc3nccs3)sc2c1Cl. The van der Waals surface area contributed by atoms with Crippen molar-refractivity contribution in [1.82, 2.24) is 4.98 Å². The number of methoxy groups -OCH3 is 1.